The van der Waals surface area contributed by atoms with E-state index in [2.05, 4.69) is 92.4 Å². The zero-order valence-electron chi connectivity index (χ0n) is 15.3. The molecule has 1 atom stereocenters. The second-order valence-corrected chi connectivity index (χ2v) is 6.82. The molecule has 0 amide bonds. The summed E-state index contributed by atoms with van der Waals surface area (Å²) in [4.78, 5) is 4.42. The lowest BCUT2D eigenvalue weighted by Crippen LogP contribution is -2.36. The summed E-state index contributed by atoms with van der Waals surface area (Å²) in [6.07, 6.45) is 7.28. The molecular weight excluding hydrogens is 294 g/mol. The molecule has 24 heavy (non-hydrogen) atoms. The third-order valence-electron chi connectivity index (χ3n) is 4.85. The molecule has 1 aliphatic heterocycles. The highest BCUT2D eigenvalue weighted by atomic mass is 15.6. The zero-order chi connectivity index (χ0) is 17.3. The molecule has 2 heterocycles. The van der Waals surface area contributed by atoms with Crippen molar-refractivity contribution in [2.45, 2.75) is 46.1 Å². The Kier molecular flexibility index (Phi) is 4.72. The van der Waals surface area contributed by atoms with Crippen LogP contribution >= 0.6 is 0 Å². The third-order valence-corrected chi connectivity index (χ3v) is 4.85. The number of nitrogens with zero attached hydrogens (tertiary/aromatic N) is 3. The van der Waals surface area contributed by atoms with Gasteiger partial charge in [0.15, 0.2) is 0 Å². The van der Waals surface area contributed by atoms with E-state index < -0.39 is 0 Å². The van der Waals surface area contributed by atoms with Crippen LogP contribution in [-0.4, -0.2) is 23.1 Å². The van der Waals surface area contributed by atoms with E-state index in [9.17, 15) is 0 Å². The molecule has 0 saturated heterocycles. The minimum Gasteiger partial charge on any atom is -0.281 e. The number of likely N-dealkylation sites (N-methyl/N-ethyl adjacent to an activating group) is 1. The molecule has 1 aliphatic rings. The van der Waals surface area contributed by atoms with Crippen molar-refractivity contribution in [3.8, 4) is 11.1 Å². The van der Waals surface area contributed by atoms with Gasteiger partial charge >= 0.3 is 0 Å². The van der Waals surface area contributed by atoms with Gasteiger partial charge in [0.1, 0.15) is 0 Å². The molecule has 0 fully saturated rings. The van der Waals surface area contributed by atoms with Crippen LogP contribution < -0.4 is 5.01 Å². The Balaban J connectivity index is 2.07. The van der Waals surface area contributed by atoms with Crippen LogP contribution in [0.3, 0.4) is 0 Å². The first kappa shape index (κ1) is 16.7. The minimum absolute atomic E-state index is 0.418. The highest BCUT2D eigenvalue weighted by Gasteiger charge is 2.23. The van der Waals surface area contributed by atoms with E-state index in [1.807, 2.05) is 6.20 Å². The van der Waals surface area contributed by atoms with Crippen molar-refractivity contribution in [1.82, 2.24) is 9.99 Å². The van der Waals surface area contributed by atoms with Gasteiger partial charge in [-0.3, -0.25) is 9.99 Å². The highest BCUT2D eigenvalue weighted by Crippen LogP contribution is 2.35. The van der Waals surface area contributed by atoms with Crippen LogP contribution in [0.5, 0.6) is 0 Å². The largest absolute Gasteiger partial charge is 0.281 e. The Morgan fingerprint density at radius 2 is 1.88 bits per heavy atom. The molecule has 126 valence electrons. The van der Waals surface area contributed by atoms with E-state index in [0.29, 0.717) is 12.0 Å². The summed E-state index contributed by atoms with van der Waals surface area (Å²) in [5.74, 6) is 0.482. The zero-order valence-corrected chi connectivity index (χ0v) is 15.3. The Labute approximate surface area is 145 Å². The van der Waals surface area contributed by atoms with Gasteiger partial charge in [0.05, 0.1) is 5.69 Å². The van der Waals surface area contributed by atoms with E-state index >= 15 is 0 Å². The molecule has 3 rings (SSSR count). The summed E-state index contributed by atoms with van der Waals surface area (Å²) >= 11 is 0. The summed E-state index contributed by atoms with van der Waals surface area (Å²) in [5, 5.41) is 4.54. The molecule has 0 saturated carbocycles. The van der Waals surface area contributed by atoms with Crippen molar-refractivity contribution >= 4 is 5.69 Å². The fourth-order valence-electron chi connectivity index (χ4n) is 3.14. The van der Waals surface area contributed by atoms with Gasteiger partial charge in [-0.25, -0.2) is 5.01 Å². The van der Waals surface area contributed by atoms with Crippen molar-refractivity contribution < 1.29 is 0 Å². The van der Waals surface area contributed by atoms with Crippen molar-refractivity contribution in [3.63, 3.8) is 0 Å². The molecule has 3 nitrogen and oxygen atoms in total. The minimum atomic E-state index is 0.418. The maximum absolute atomic E-state index is 4.42. The van der Waals surface area contributed by atoms with Gasteiger partial charge in [0.25, 0.3) is 0 Å². The molecule has 1 unspecified atom stereocenters. The second-order valence-electron chi connectivity index (χ2n) is 6.82. The number of rotatable bonds is 4. The van der Waals surface area contributed by atoms with E-state index in [1.54, 1.807) is 0 Å². The Hall–Kier alpha value is -2.13. The lowest BCUT2D eigenvalue weighted by molar-refractivity contribution is 0.321. The summed E-state index contributed by atoms with van der Waals surface area (Å²) in [7, 11) is 2.14. The SMILES string of the molecule is CCc1cc(-c2ccc(C(C)C)c(N3C=CC(C)N3C)c2)ccn1. The molecule has 0 bridgehead atoms. The third kappa shape index (κ3) is 3.09. The first-order chi connectivity index (χ1) is 11.5. The number of aryl methyl sites for hydroxylation is 1. The molecular formula is C21H27N3. The summed E-state index contributed by atoms with van der Waals surface area (Å²) in [6.45, 7) is 8.86. The fourth-order valence-corrected chi connectivity index (χ4v) is 3.14. The predicted octanol–water partition coefficient (Wildman–Crippen LogP) is 5.00. The van der Waals surface area contributed by atoms with Gasteiger partial charge in [-0.15, -0.1) is 0 Å². The van der Waals surface area contributed by atoms with Gasteiger partial charge in [0.2, 0.25) is 0 Å². The van der Waals surface area contributed by atoms with Crippen LogP contribution in [0, 0.1) is 0 Å². The Morgan fingerprint density at radius 3 is 2.50 bits per heavy atom. The first-order valence-corrected chi connectivity index (χ1v) is 8.80. The lowest BCUT2D eigenvalue weighted by atomic mass is 9.96. The number of benzene rings is 1. The number of pyridine rings is 1. The number of hydrogen-bond donors (Lipinski definition) is 0. The van der Waals surface area contributed by atoms with Crippen LogP contribution in [0.15, 0.2) is 48.8 Å². The Morgan fingerprint density at radius 1 is 1.12 bits per heavy atom. The number of aromatic nitrogens is 1. The van der Waals surface area contributed by atoms with Crippen LogP contribution in [0.25, 0.3) is 11.1 Å². The van der Waals surface area contributed by atoms with Crippen LogP contribution in [0.1, 0.15) is 44.9 Å². The van der Waals surface area contributed by atoms with Crippen molar-refractivity contribution in [1.29, 1.82) is 0 Å². The van der Waals surface area contributed by atoms with Gasteiger partial charge in [-0.2, -0.15) is 0 Å². The normalized spacial score (nSPS) is 17.9. The maximum atomic E-state index is 4.42. The first-order valence-electron chi connectivity index (χ1n) is 8.80. The van der Waals surface area contributed by atoms with E-state index in [0.717, 1.165) is 12.1 Å². The van der Waals surface area contributed by atoms with Crippen LogP contribution in [0.2, 0.25) is 0 Å². The molecule has 1 aromatic heterocycles. The van der Waals surface area contributed by atoms with Gasteiger partial charge in [0, 0.05) is 31.2 Å². The molecule has 2 aromatic rings. The fraction of sp³-hybridized carbons (Fsp3) is 0.381. The average Bonchev–Trinajstić information content (AvgIpc) is 2.93. The Bertz CT molecular complexity index is 748. The van der Waals surface area contributed by atoms with Crippen molar-refractivity contribution in [3.05, 3.63) is 60.1 Å². The van der Waals surface area contributed by atoms with Crippen LogP contribution in [0.4, 0.5) is 5.69 Å². The summed E-state index contributed by atoms with van der Waals surface area (Å²) in [6, 6.07) is 11.5. The summed E-state index contributed by atoms with van der Waals surface area (Å²) in [5.41, 5.74) is 6.24. The van der Waals surface area contributed by atoms with Gasteiger partial charge in [-0.05, 0) is 60.2 Å². The molecule has 0 radical (unpaired) electrons. The highest BCUT2D eigenvalue weighted by molar-refractivity contribution is 5.72. The van der Waals surface area contributed by atoms with E-state index in [1.165, 1.54) is 22.4 Å². The maximum Gasteiger partial charge on any atom is 0.0614 e. The van der Waals surface area contributed by atoms with Crippen LogP contribution in [-0.2, 0) is 6.42 Å². The second kappa shape index (κ2) is 6.78. The average molecular weight is 321 g/mol. The quantitative estimate of drug-likeness (QED) is 0.789. The molecule has 1 aromatic carbocycles. The van der Waals surface area contributed by atoms with E-state index in [4.69, 9.17) is 0 Å². The van der Waals surface area contributed by atoms with Crippen molar-refractivity contribution in [2.75, 3.05) is 12.1 Å². The standard InChI is InChI=1S/C21H27N3/c1-6-19-13-18(9-11-22-19)17-7-8-20(15(2)3)21(14-17)24-12-10-16(4)23(24)5/h7-16H,6H2,1-5H3. The van der Waals surface area contributed by atoms with Gasteiger partial charge in [-0.1, -0.05) is 32.9 Å². The topological polar surface area (TPSA) is 19.4 Å². The molecule has 3 heteroatoms. The number of hydrogen-bond acceptors (Lipinski definition) is 3. The predicted molar refractivity (Wildman–Crippen MR) is 102 cm³/mol. The monoisotopic (exact) mass is 321 g/mol. The summed E-state index contributed by atoms with van der Waals surface area (Å²) < 4.78 is 0. The van der Waals surface area contributed by atoms with Gasteiger partial charge < -0.3 is 0 Å². The van der Waals surface area contributed by atoms with Crippen molar-refractivity contribution in [2.24, 2.45) is 0 Å². The lowest BCUT2D eigenvalue weighted by Gasteiger charge is -2.31. The number of hydrazine groups is 1. The number of anilines is 1. The molecule has 0 spiro atoms. The van der Waals surface area contributed by atoms with E-state index in [-0.39, 0.29) is 0 Å². The molecule has 0 N–H and O–H groups in total. The molecule has 0 aliphatic carbocycles. The smallest absolute Gasteiger partial charge is 0.0614 e.